The number of H-pyrrole nitrogens is 1. The Balaban J connectivity index is 0.000000821. The van der Waals surface area contributed by atoms with Gasteiger partial charge in [0.1, 0.15) is 17.6 Å². The Bertz CT molecular complexity index is 985. The fourth-order valence-electron chi connectivity index (χ4n) is 5.04. The van der Waals surface area contributed by atoms with Crippen molar-refractivity contribution in [2.45, 2.75) is 45.1 Å². The number of ether oxygens (including phenoxy) is 1. The van der Waals surface area contributed by atoms with Crippen LogP contribution in [0.15, 0.2) is 22.6 Å². The minimum Gasteiger partial charge on any atom is -0.483 e. The van der Waals surface area contributed by atoms with Gasteiger partial charge in [0.05, 0.1) is 5.41 Å². The van der Waals surface area contributed by atoms with Crippen LogP contribution >= 0.6 is 0 Å². The van der Waals surface area contributed by atoms with Crippen LogP contribution in [0.3, 0.4) is 0 Å². The van der Waals surface area contributed by atoms with Crippen LogP contribution in [-0.2, 0) is 14.3 Å². The quantitative estimate of drug-likeness (QED) is 0.528. The molecule has 33 heavy (non-hydrogen) atoms. The molecule has 2 aromatic heterocycles. The number of furan rings is 1. The lowest BCUT2D eigenvalue weighted by molar-refractivity contribution is -0.151. The van der Waals surface area contributed by atoms with Gasteiger partial charge in [0.2, 0.25) is 0 Å². The van der Waals surface area contributed by atoms with Crippen LogP contribution in [0.25, 0.3) is 11.5 Å². The maximum atomic E-state index is 12.9. The number of rotatable bonds is 4. The van der Waals surface area contributed by atoms with E-state index in [1.807, 2.05) is 19.1 Å². The van der Waals surface area contributed by atoms with Gasteiger partial charge in [-0.1, -0.05) is 0 Å². The molecular weight excluding hydrogens is 428 g/mol. The highest BCUT2D eigenvalue weighted by molar-refractivity contribution is 5.93. The van der Waals surface area contributed by atoms with Gasteiger partial charge >= 0.3 is 5.97 Å². The summed E-state index contributed by atoms with van der Waals surface area (Å²) in [6.07, 6.45) is 4.54. The van der Waals surface area contributed by atoms with Gasteiger partial charge in [-0.15, -0.1) is 0 Å². The predicted octanol–water partition coefficient (Wildman–Crippen LogP) is 2.31. The number of likely N-dealkylation sites (tertiary alicyclic amines) is 2. The van der Waals surface area contributed by atoms with E-state index in [1.165, 1.54) is 12.8 Å². The second-order valence-electron chi connectivity index (χ2n) is 8.99. The van der Waals surface area contributed by atoms with Gasteiger partial charge in [-0.25, -0.2) is 0 Å². The first-order chi connectivity index (χ1) is 15.9. The van der Waals surface area contributed by atoms with Gasteiger partial charge in [0, 0.05) is 32.1 Å². The first kappa shape index (κ1) is 23.0. The summed E-state index contributed by atoms with van der Waals surface area (Å²) in [5, 5.41) is 13.9. The molecule has 5 rings (SSSR count). The SMILES string of the molecule is Cc1ccc(-c2cc(C(=O)N3CCC4(CC3)CC(CN3CCCC3)OC4=O)n[nH]2)o1.O=CO. The molecule has 1 unspecified atom stereocenters. The Morgan fingerprint density at radius 1 is 1.27 bits per heavy atom. The minimum atomic E-state index is -0.427. The highest BCUT2D eigenvalue weighted by atomic mass is 16.6. The van der Waals surface area contributed by atoms with E-state index in [9.17, 15) is 9.59 Å². The molecule has 0 saturated carbocycles. The molecule has 1 atom stereocenters. The topological polar surface area (TPSA) is 129 Å². The van der Waals surface area contributed by atoms with Crippen molar-refractivity contribution < 1.29 is 28.6 Å². The molecule has 0 aliphatic carbocycles. The average molecular weight is 459 g/mol. The van der Waals surface area contributed by atoms with Crippen LogP contribution in [-0.4, -0.2) is 82.3 Å². The molecule has 2 aromatic rings. The van der Waals surface area contributed by atoms with E-state index in [1.54, 1.807) is 11.0 Å². The number of nitrogens with one attached hydrogen (secondary N) is 1. The highest BCUT2D eigenvalue weighted by Gasteiger charge is 2.51. The van der Waals surface area contributed by atoms with Gasteiger partial charge in [-0.2, -0.15) is 5.10 Å². The van der Waals surface area contributed by atoms with Crippen LogP contribution < -0.4 is 0 Å². The van der Waals surface area contributed by atoms with Crippen molar-refractivity contribution in [2.75, 3.05) is 32.7 Å². The molecule has 10 heteroatoms. The fourth-order valence-corrected chi connectivity index (χ4v) is 5.04. The van der Waals surface area contributed by atoms with E-state index in [0.29, 0.717) is 43.1 Å². The normalized spacial score (nSPS) is 22.2. The number of aromatic nitrogens is 2. The van der Waals surface area contributed by atoms with E-state index < -0.39 is 5.41 Å². The number of carbonyl (C=O) groups is 3. The highest BCUT2D eigenvalue weighted by Crippen LogP contribution is 2.43. The molecule has 0 bridgehead atoms. The molecule has 1 spiro atoms. The van der Waals surface area contributed by atoms with Crippen LogP contribution in [0, 0.1) is 12.3 Å². The summed E-state index contributed by atoms with van der Waals surface area (Å²) in [5.74, 6) is 1.28. The summed E-state index contributed by atoms with van der Waals surface area (Å²) >= 11 is 0. The molecule has 10 nitrogen and oxygen atoms in total. The lowest BCUT2D eigenvalue weighted by Gasteiger charge is -2.36. The minimum absolute atomic E-state index is 0.0106. The van der Waals surface area contributed by atoms with Crippen molar-refractivity contribution in [1.82, 2.24) is 20.0 Å². The molecule has 3 aliphatic heterocycles. The summed E-state index contributed by atoms with van der Waals surface area (Å²) < 4.78 is 11.3. The average Bonchev–Trinajstić information content (AvgIpc) is 3.59. The Morgan fingerprint density at radius 3 is 2.61 bits per heavy atom. The number of aromatic amines is 1. The molecule has 1 amide bonds. The van der Waals surface area contributed by atoms with Crippen molar-refractivity contribution in [3.8, 4) is 11.5 Å². The molecule has 3 aliphatic rings. The van der Waals surface area contributed by atoms with Gasteiger partial charge in [-0.3, -0.25) is 24.4 Å². The summed E-state index contributed by atoms with van der Waals surface area (Å²) in [6, 6.07) is 5.45. The van der Waals surface area contributed by atoms with Crippen molar-refractivity contribution in [3.05, 3.63) is 29.7 Å². The van der Waals surface area contributed by atoms with Crippen LogP contribution in [0.5, 0.6) is 0 Å². The van der Waals surface area contributed by atoms with E-state index in [0.717, 1.165) is 31.8 Å². The molecule has 3 fully saturated rings. The third-order valence-electron chi connectivity index (χ3n) is 6.80. The number of nitrogens with zero attached hydrogens (tertiary/aromatic N) is 3. The lowest BCUT2D eigenvalue weighted by Crippen LogP contribution is -2.45. The van der Waals surface area contributed by atoms with Gasteiger partial charge in [0.25, 0.3) is 12.4 Å². The summed E-state index contributed by atoms with van der Waals surface area (Å²) in [4.78, 5) is 38.1. The Labute approximate surface area is 191 Å². The second kappa shape index (κ2) is 9.78. The maximum absolute atomic E-state index is 12.9. The van der Waals surface area contributed by atoms with E-state index in [2.05, 4.69) is 15.1 Å². The van der Waals surface area contributed by atoms with Crippen LogP contribution in [0.2, 0.25) is 0 Å². The largest absolute Gasteiger partial charge is 0.483 e. The van der Waals surface area contributed by atoms with Crippen molar-refractivity contribution >= 4 is 18.3 Å². The van der Waals surface area contributed by atoms with Gasteiger partial charge in [-0.05, 0) is 57.8 Å². The zero-order valence-corrected chi connectivity index (χ0v) is 18.8. The first-order valence-corrected chi connectivity index (χ1v) is 11.4. The Kier molecular flexibility index (Phi) is 6.83. The van der Waals surface area contributed by atoms with E-state index in [4.69, 9.17) is 19.1 Å². The predicted molar refractivity (Wildman–Crippen MR) is 117 cm³/mol. The van der Waals surface area contributed by atoms with Crippen molar-refractivity contribution in [1.29, 1.82) is 0 Å². The smallest absolute Gasteiger partial charge is 0.312 e. The number of esters is 1. The van der Waals surface area contributed by atoms with Crippen LogP contribution in [0.4, 0.5) is 0 Å². The molecule has 178 valence electrons. The number of carbonyl (C=O) groups excluding carboxylic acids is 2. The zero-order valence-electron chi connectivity index (χ0n) is 18.8. The number of hydrogen-bond acceptors (Lipinski definition) is 7. The molecular formula is C23H30N4O6. The zero-order chi connectivity index (χ0) is 23.4. The third-order valence-corrected chi connectivity index (χ3v) is 6.80. The number of piperidine rings is 1. The van der Waals surface area contributed by atoms with Crippen molar-refractivity contribution in [2.24, 2.45) is 5.41 Å². The summed E-state index contributed by atoms with van der Waals surface area (Å²) in [7, 11) is 0. The number of amides is 1. The van der Waals surface area contributed by atoms with E-state index in [-0.39, 0.29) is 24.5 Å². The molecule has 0 aromatic carbocycles. The standard InChI is InChI=1S/C22H28N4O4.CH2O2/c1-15-4-5-19(29-15)17-12-18(24-23-17)20(27)26-10-6-22(7-11-26)13-16(30-21(22)28)14-25-8-2-3-9-25;2-1-3/h4-5,12,16H,2-3,6-11,13-14H2,1H3,(H,23,24);1H,(H,2,3). The van der Waals surface area contributed by atoms with Crippen LogP contribution in [0.1, 0.15) is 48.4 Å². The number of aryl methyl sites for hydroxylation is 1. The molecule has 2 N–H and O–H groups in total. The van der Waals surface area contributed by atoms with Gasteiger partial charge in [0.15, 0.2) is 11.5 Å². The lowest BCUT2D eigenvalue weighted by atomic mass is 9.76. The summed E-state index contributed by atoms with van der Waals surface area (Å²) in [5.41, 5.74) is 0.629. The fraction of sp³-hybridized carbons (Fsp3) is 0.565. The van der Waals surface area contributed by atoms with Gasteiger partial charge < -0.3 is 19.2 Å². The number of cyclic esters (lactones) is 1. The number of carboxylic acid groups (broad SMARTS) is 1. The van der Waals surface area contributed by atoms with E-state index >= 15 is 0 Å². The first-order valence-electron chi connectivity index (χ1n) is 11.4. The molecule has 3 saturated heterocycles. The molecule has 0 radical (unpaired) electrons. The summed E-state index contributed by atoms with van der Waals surface area (Å²) in [6.45, 7) is 5.77. The maximum Gasteiger partial charge on any atom is 0.312 e. The monoisotopic (exact) mass is 458 g/mol. The Hall–Kier alpha value is -3.14. The third kappa shape index (κ3) is 4.95. The van der Waals surface area contributed by atoms with Crippen molar-refractivity contribution in [3.63, 3.8) is 0 Å². The Morgan fingerprint density at radius 2 is 1.97 bits per heavy atom. The molecule has 5 heterocycles. The second-order valence-corrected chi connectivity index (χ2v) is 8.99. The number of hydrogen-bond donors (Lipinski definition) is 2.